The van der Waals surface area contributed by atoms with Crippen LogP contribution in [0.1, 0.15) is 168 Å². The van der Waals surface area contributed by atoms with Crippen molar-refractivity contribution in [3.63, 3.8) is 0 Å². The van der Waals surface area contributed by atoms with E-state index in [4.69, 9.17) is 18.5 Å². The fraction of sp³-hybridized carbons (Fsp3) is 0.778. The van der Waals surface area contributed by atoms with E-state index >= 15 is 0 Å². The Morgan fingerprint density at radius 3 is 1.42 bits per heavy atom. The summed E-state index contributed by atoms with van der Waals surface area (Å²) >= 11 is 0. The number of allylic oxidation sites excluding steroid dienone is 8. The standard InChI is InChI=1S/C45H79O13P/c1-3-5-7-9-11-13-15-16-17-18-19-20-21-22-24-26-28-30-32-34-39(47)57-37(35-55-38(46)33-31-29-27-25-23-14-12-10-8-6-4-2)36-56-59(53,54)58-45-43(51)41(49)40(48)42(50)44(45)52/h11,13,16-17,19-20,22,24,37,40-45,48-52H,3-10,12,14-15,18,21,23,25-36H2,1-2H3,(H,53,54)/b13-11-,17-16-,20-19-,24-22-/t37-,40?,41-,42?,43?,44?,45?/m1/s1. The molecule has 0 heterocycles. The Balaban J connectivity index is 2.50. The Morgan fingerprint density at radius 2 is 0.915 bits per heavy atom. The normalized spacial score (nSPS) is 22.8. The monoisotopic (exact) mass is 859 g/mol. The Kier molecular flexibility index (Phi) is 32.9. The van der Waals surface area contributed by atoms with Crippen LogP contribution in [0.2, 0.25) is 0 Å². The van der Waals surface area contributed by atoms with Crippen molar-refractivity contribution in [2.45, 2.75) is 211 Å². The van der Waals surface area contributed by atoms with Crippen LogP contribution in [-0.2, 0) is 32.7 Å². The molecule has 0 amide bonds. The second kappa shape index (κ2) is 35.4. The summed E-state index contributed by atoms with van der Waals surface area (Å²) in [5.74, 6) is -1.14. The summed E-state index contributed by atoms with van der Waals surface area (Å²) in [7, 11) is -5.12. The van der Waals surface area contributed by atoms with Crippen LogP contribution in [-0.4, -0.2) is 98.3 Å². The highest BCUT2D eigenvalue weighted by Crippen LogP contribution is 2.47. The number of carbonyl (C=O) groups is 2. The summed E-state index contributed by atoms with van der Waals surface area (Å²) < 4.78 is 33.4. The number of phosphoric acid groups is 1. The third kappa shape index (κ3) is 28.1. The molecule has 0 aliphatic heterocycles. The van der Waals surface area contributed by atoms with Crippen LogP contribution < -0.4 is 0 Å². The molecule has 0 aromatic heterocycles. The molecular weight excluding hydrogens is 779 g/mol. The summed E-state index contributed by atoms with van der Waals surface area (Å²) in [5, 5.41) is 50.1. The first-order valence-electron chi connectivity index (χ1n) is 22.4. The molecule has 0 spiro atoms. The lowest BCUT2D eigenvalue weighted by atomic mass is 9.85. The van der Waals surface area contributed by atoms with Gasteiger partial charge in [0.05, 0.1) is 6.61 Å². The van der Waals surface area contributed by atoms with Crippen molar-refractivity contribution >= 4 is 19.8 Å². The van der Waals surface area contributed by atoms with Gasteiger partial charge in [-0.15, -0.1) is 0 Å². The van der Waals surface area contributed by atoms with E-state index in [1.807, 2.05) is 0 Å². The van der Waals surface area contributed by atoms with E-state index in [-0.39, 0.29) is 12.8 Å². The summed E-state index contributed by atoms with van der Waals surface area (Å²) in [5.41, 5.74) is 0. The molecule has 1 rings (SSSR count). The molecule has 14 heteroatoms. The molecule has 0 aromatic carbocycles. The summed E-state index contributed by atoms with van der Waals surface area (Å²) in [4.78, 5) is 35.6. The van der Waals surface area contributed by atoms with Crippen molar-refractivity contribution < 1.29 is 63.1 Å². The molecular formula is C45H79O13P. The minimum Gasteiger partial charge on any atom is -0.462 e. The van der Waals surface area contributed by atoms with Crippen LogP contribution in [0.25, 0.3) is 0 Å². The average molecular weight is 859 g/mol. The number of aliphatic hydroxyl groups is 5. The van der Waals surface area contributed by atoms with Crippen LogP contribution in [0.3, 0.4) is 0 Å². The maximum absolute atomic E-state index is 12.8. The SMILES string of the molecule is CCCCC/C=C\C/C=C\C/C=C\C/C=C\CCCCCC(=O)O[C@H](COC(=O)CCCCCCCCCCCCC)COP(=O)(O)OC1C(O)C(O)C(O)[C@@H](O)C1O. The number of rotatable bonds is 36. The molecule has 0 bridgehead atoms. The van der Waals surface area contributed by atoms with Crippen molar-refractivity contribution in [3.8, 4) is 0 Å². The van der Waals surface area contributed by atoms with E-state index in [0.717, 1.165) is 64.2 Å². The third-order valence-corrected chi connectivity index (χ3v) is 11.2. The minimum absolute atomic E-state index is 0.0592. The summed E-state index contributed by atoms with van der Waals surface area (Å²) in [6.07, 6.45) is 27.4. The van der Waals surface area contributed by atoms with Gasteiger partial charge in [0.2, 0.25) is 0 Å². The predicted octanol–water partition coefficient (Wildman–Crippen LogP) is 8.39. The molecule has 1 aliphatic rings. The van der Waals surface area contributed by atoms with Gasteiger partial charge < -0.3 is 39.9 Å². The second-order valence-corrected chi connectivity index (χ2v) is 17.0. The van der Waals surface area contributed by atoms with Gasteiger partial charge in [0.25, 0.3) is 0 Å². The Morgan fingerprint density at radius 1 is 0.525 bits per heavy atom. The molecule has 1 aliphatic carbocycles. The number of phosphoric ester groups is 1. The molecule has 0 aromatic rings. The number of unbranched alkanes of at least 4 members (excludes halogenated alkanes) is 16. The molecule has 8 atom stereocenters. The molecule has 6 N–H and O–H groups in total. The van der Waals surface area contributed by atoms with E-state index in [9.17, 15) is 44.6 Å². The van der Waals surface area contributed by atoms with Crippen LogP contribution in [0.5, 0.6) is 0 Å². The molecule has 0 radical (unpaired) electrons. The lowest BCUT2D eigenvalue weighted by Gasteiger charge is -2.41. The highest BCUT2D eigenvalue weighted by Gasteiger charge is 2.51. The van der Waals surface area contributed by atoms with Crippen molar-refractivity contribution in [1.29, 1.82) is 0 Å². The lowest BCUT2D eigenvalue weighted by Crippen LogP contribution is -2.64. The number of hydrogen-bond acceptors (Lipinski definition) is 12. The highest BCUT2D eigenvalue weighted by atomic mass is 31.2. The van der Waals surface area contributed by atoms with Crippen LogP contribution in [0.15, 0.2) is 48.6 Å². The average Bonchev–Trinajstić information content (AvgIpc) is 3.21. The molecule has 13 nitrogen and oxygen atoms in total. The Hall–Kier alpha value is -2.19. The molecule has 59 heavy (non-hydrogen) atoms. The van der Waals surface area contributed by atoms with Gasteiger partial charge in [0.1, 0.15) is 43.2 Å². The minimum atomic E-state index is -5.12. The maximum Gasteiger partial charge on any atom is 0.472 e. The third-order valence-electron chi connectivity index (χ3n) is 10.2. The molecule has 1 fully saturated rings. The van der Waals surface area contributed by atoms with E-state index in [1.54, 1.807) is 0 Å². The molecule has 6 unspecified atom stereocenters. The Labute approximate surface area is 354 Å². The zero-order valence-electron chi connectivity index (χ0n) is 36.0. The van der Waals surface area contributed by atoms with Gasteiger partial charge in [-0.1, -0.05) is 146 Å². The van der Waals surface area contributed by atoms with Gasteiger partial charge in [0.15, 0.2) is 6.10 Å². The smallest absolute Gasteiger partial charge is 0.462 e. The number of hydrogen-bond donors (Lipinski definition) is 6. The zero-order chi connectivity index (χ0) is 43.6. The fourth-order valence-electron chi connectivity index (χ4n) is 6.50. The van der Waals surface area contributed by atoms with E-state index in [0.29, 0.717) is 12.8 Å². The second-order valence-electron chi connectivity index (χ2n) is 15.6. The van der Waals surface area contributed by atoms with Gasteiger partial charge in [-0.25, -0.2) is 4.57 Å². The van der Waals surface area contributed by atoms with Crippen molar-refractivity contribution in [2.24, 2.45) is 0 Å². The van der Waals surface area contributed by atoms with E-state index in [1.165, 1.54) is 64.2 Å². The first-order valence-corrected chi connectivity index (χ1v) is 23.9. The van der Waals surface area contributed by atoms with Gasteiger partial charge in [-0.05, 0) is 57.8 Å². The van der Waals surface area contributed by atoms with Crippen LogP contribution in [0, 0.1) is 0 Å². The Bertz CT molecular complexity index is 1220. The van der Waals surface area contributed by atoms with Gasteiger partial charge in [-0.3, -0.25) is 18.6 Å². The number of ether oxygens (including phenoxy) is 2. The van der Waals surface area contributed by atoms with Crippen molar-refractivity contribution in [3.05, 3.63) is 48.6 Å². The van der Waals surface area contributed by atoms with Crippen LogP contribution in [0.4, 0.5) is 0 Å². The quantitative estimate of drug-likeness (QED) is 0.0152. The topological polar surface area (TPSA) is 210 Å². The molecule has 0 saturated heterocycles. The first kappa shape index (κ1) is 54.8. The van der Waals surface area contributed by atoms with Gasteiger partial charge >= 0.3 is 19.8 Å². The largest absolute Gasteiger partial charge is 0.472 e. The van der Waals surface area contributed by atoms with Crippen molar-refractivity contribution in [2.75, 3.05) is 13.2 Å². The zero-order valence-corrected chi connectivity index (χ0v) is 36.9. The van der Waals surface area contributed by atoms with Crippen LogP contribution >= 0.6 is 7.82 Å². The maximum atomic E-state index is 12.8. The summed E-state index contributed by atoms with van der Waals surface area (Å²) in [6, 6.07) is 0. The van der Waals surface area contributed by atoms with Crippen molar-refractivity contribution in [1.82, 2.24) is 0 Å². The van der Waals surface area contributed by atoms with Gasteiger partial charge in [0, 0.05) is 12.8 Å². The fourth-order valence-corrected chi connectivity index (χ4v) is 7.48. The molecule has 342 valence electrons. The van der Waals surface area contributed by atoms with E-state index in [2.05, 4.69) is 62.5 Å². The van der Waals surface area contributed by atoms with E-state index < -0.39 is 75.7 Å². The van der Waals surface area contributed by atoms with Gasteiger partial charge in [-0.2, -0.15) is 0 Å². The number of carbonyl (C=O) groups excluding carboxylic acids is 2. The molecule has 1 saturated carbocycles. The highest BCUT2D eigenvalue weighted by molar-refractivity contribution is 7.47. The summed E-state index contributed by atoms with van der Waals surface area (Å²) in [6.45, 7) is 3.22. The number of aliphatic hydroxyl groups excluding tert-OH is 5. The number of esters is 2. The lowest BCUT2D eigenvalue weighted by molar-refractivity contribution is -0.220. The predicted molar refractivity (Wildman–Crippen MR) is 230 cm³/mol. The first-order chi connectivity index (χ1) is 28.4.